The van der Waals surface area contributed by atoms with Gasteiger partial charge in [-0.05, 0) is 49.7 Å². The molecule has 2 aromatic rings. The fourth-order valence-electron chi connectivity index (χ4n) is 4.47. The van der Waals surface area contributed by atoms with Crippen LogP contribution >= 0.6 is 0 Å². The van der Waals surface area contributed by atoms with Gasteiger partial charge in [0.15, 0.2) is 0 Å². The van der Waals surface area contributed by atoms with Crippen LogP contribution in [0.5, 0.6) is 0 Å². The number of fused-ring (bicyclic) bond motifs is 1. The van der Waals surface area contributed by atoms with E-state index in [0.29, 0.717) is 17.7 Å². The predicted octanol–water partition coefficient (Wildman–Crippen LogP) is 2.49. The third-order valence-corrected chi connectivity index (χ3v) is 6.59. The minimum absolute atomic E-state index is 0.0290. The van der Waals surface area contributed by atoms with E-state index in [1.54, 1.807) is 6.07 Å². The van der Waals surface area contributed by atoms with Crippen molar-refractivity contribution in [1.29, 1.82) is 0 Å². The number of nitrogens with two attached hydrogens (primary N) is 1. The first kappa shape index (κ1) is 16.7. The molecule has 142 valence electrons. The molecule has 7 heteroatoms. The Morgan fingerprint density at radius 1 is 1.26 bits per heavy atom. The molecule has 0 amide bonds. The van der Waals surface area contributed by atoms with Crippen molar-refractivity contribution in [3.8, 4) is 0 Å². The summed E-state index contributed by atoms with van der Waals surface area (Å²) < 4.78 is 16.8. The van der Waals surface area contributed by atoms with Gasteiger partial charge in [0.2, 0.25) is 5.43 Å². The summed E-state index contributed by atoms with van der Waals surface area (Å²) in [6, 6.07) is 3.10. The third-order valence-electron chi connectivity index (χ3n) is 6.59. The Bertz CT molecular complexity index is 1020. The molecule has 1 atom stereocenters. The average Bonchev–Trinajstić information content (AvgIpc) is 3.53. The van der Waals surface area contributed by atoms with Gasteiger partial charge in [-0.2, -0.15) is 0 Å². The average molecular weight is 371 g/mol. The second kappa shape index (κ2) is 5.55. The van der Waals surface area contributed by atoms with Crippen LogP contribution in [0.25, 0.3) is 10.9 Å². The van der Waals surface area contributed by atoms with Gasteiger partial charge in [0.05, 0.1) is 11.2 Å². The molecule has 2 saturated carbocycles. The molecule has 3 aliphatic rings. The van der Waals surface area contributed by atoms with Gasteiger partial charge in [0, 0.05) is 36.8 Å². The van der Waals surface area contributed by atoms with Crippen LogP contribution in [-0.2, 0) is 0 Å². The van der Waals surface area contributed by atoms with Crippen LogP contribution in [0.2, 0.25) is 0 Å². The zero-order valence-electron chi connectivity index (χ0n) is 14.9. The number of anilines is 1. The maximum absolute atomic E-state index is 14.9. The highest BCUT2D eigenvalue weighted by atomic mass is 19.1. The standard InChI is InChI=1S/C20H22FN3O3/c21-14-7-12-15(24(11-1-2-11)9-13(18(12)25)19(26)27)8-16(14)23-6-5-20(3-4-20)17(22)10-23/h7-9,11,17H,1-6,10,22H2,(H,26,27). The molecule has 1 aromatic heterocycles. The number of hydrogen-bond donors (Lipinski definition) is 2. The molecule has 0 radical (unpaired) electrons. The number of nitrogens with zero attached hydrogens (tertiary/aromatic N) is 2. The Labute approximate surface area is 155 Å². The lowest BCUT2D eigenvalue weighted by molar-refractivity contribution is 0.0695. The first-order valence-electron chi connectivity index (χ1n) is 9.52. The zero-order valence-corrected chi connectivity index (χ0v) is 14.9. The summed E-state index contributed by atoms with van der Waals surface area (Å²) in [7, 11) is 0. The van der Waals surface area contributed by atoms with Crippen molar-refractivity contribution in [3.63, 3.8) is 0 Å². The third kappa shape index (κ3) is 2.56. The van der Waals surface area contributed by atoms with Gasteiger partial charge >= 0.3 is 5.97 Å². The highest BCUT2D eigenvalue weighted by Gasteiger charge is 2.50. The second-order valence-corrected chi connectivity index (χ2v) is 8.30. The smallest absolute Gasteiger partial charge is 0.341 e. The van der Waals surface area contributed by atoms with E-state index in [-0.39, 0.29) is 28.4 Å². The fourth-order valence-corrected chi connectivity index (χ4v) is 4.47. The monoisotopic (exact) mass is 371 g/mol. The summed E-state index contributed by atoms with van der Waals surface area (Å²) in [6.07, 6.45) is 6.54. The van der Waals surface area contributed by atoms with E-state index < -0.39 is 17.2 Å². The minimum Gasteiger partial charge on any atom is -0.477 e. The molecule has 27 heavy (non-hydrogen) atoms. The lowest BCUT2D eigenvalue weighted by Crippen LogP contribution is -2.50. The first-order chi connectivity index (χ1) is 12.9. The maximum atomic E-state index is 14.9. The first-order valence-corrected chi connectivity index (χ1v) is 9.52. The van der Waals surface area contributed by atoms with Crippen molar-refractivity contribution in [1.82, 2.24) is 4.57 Å². The number of aromatic nitrogens is 1. The fraction of sp³-hybridized carbons (Fsp3) is 0.500. The zero-order chi connectivity index (χ0) is 18.9. The van der Waals surface area contributed by atoms with E-state index in [1.165, 1.54) is 12.3 Å². The topological polar surface area (TPSA) is 88.6 Å². The Hall–Kier alpha value is -2.41. The van der Waals surface area contributed by atoms with E-state index in [2.05, 4.69) is 0 Å². The number of piperidine rings is 1. The SMILES string of the molecule is NC1CN(c2cc3c(cc2F)c(=O)c(C(=O)O)cn3C2CC2)CCC12CC2. The van der Waals surface area contributed by atoms with Crippen LogP contribution in [0.1, 0.15) is 48.5 Å². The lowest BCUT2D eigenvalue weighted by atomic mass is 9.88. The molecular weight excluding hydrogens is 349 g/mol. The van der Waals surface area contributed by atoms with Crippen molar-refractivity contribution >= 4 is 22.6 Å². The summed E-state index contributed by atoms with van der Waals surface area (Å²) >= 11 is 0. The molecule has 1 spiro atoms. The molecule has 5 rings (SSSR count). The van der Waals surface area contributed by atoms with E-state index in [9.17, 15) is 19.1 Å². The van der Waals surface area contributed by atoms with Gasteiger partial charge in [0.1, 0.15) is 11.4 Å². The molecular formula is C20H22FN3O3. The van der Waals surface area contributed by atoms with Gasteiger partial charge < -0.3 is 20.3 Å². The highest BCUT2D eigenvalue weighted by Crippen LogP contribution is 2.53. The van der Waals surface area contributed by atoms with Gasteiger partial charge in [-0.25, -0.2) is 9.18 Å². The van der Waals surface area contributed by atoms with Crippen molar-refractivity contribution in [2.45, 2.75) is 44.2 Å². The summed E-state index contributed by atoms with van der Waals surface area (Å²) in [6.45, 7) is 1.35. The van der Waals surface area contributed by atoms with Crippen LogP contribution < -0.4 is 16.1 Å². The summed E-state index contributed by atoms with van der Waals surface area (Å²) in [5, 5.41) is 9.46. The van der Waals surface area contributed by atoms with Crippen molar-refractivity contribution in [2.24, 2.45) is 11.1 Å². The number of carboxylic acid groups (broad SMARTS) is 1. The molecule has 0 bridgehead atoms. The molecule has 3 N–H and O–H groups in total. The molecule has 1 saturated heterocycles. The lowest BCUT2D eigenvalue weighted by Gasteiger charge is -2.38. The minimum atomic E-state index is -1.28. The number of carbonyl (C=O) groups is 1. The van der Waals surface area contributed by atoms with Crippen LogP contribution in [-0.4, -0.2) is 34.8 Å². The Morgan fingerprint density at radius 3 is 2.59 bits per heavy atom. The van der Waals surface area contributed by atoms with Gasteiger partial charge in [-0.3, -0.25) is 4.79 Å². The van der Waals surface area contributed by atoms with Crippen molar-refractivity contribution in [2.75, 3.05) is 18.0 Å². The normalized spacial score (nSPS) is 23.8. The Morgan fingerprint density at radius 2 is 2.00 bits per heavy atom. The van der Waals surface area contributed by atoms with Crippen molar-refractivity contribution in [3.05, 3.63) is 39.9 Å². The van der Waals surface area contributed by atoms with Crippen LogP contribution in [0, 0.1) is 11.2 Å². The Kier molecular flexibility index (Phi) is 3.44. The van der Waals surface area contributed by atoms with Gasteiger partial charge in [-0.15, -0.1) is 0 Å². The number of hydrogen-bond acceptors (Lipinski definition) is 4. The number of benzene rings is 1. The number of rotatable bonds is 3. The number of carboxylic acids is 1. The van der Waals surface area contributed by atoms with E-state index in [1.807, 2.05) is 9.47 Å². The molecule has 2 aliphatic carbocycles. The predicted molar refractivity (Wildman–Crippen MR) is 99.9 cm³/mol. The van der Waals surface area contributed by atoms with Crippen LogP contribution in [0.15, 0.2) is 23.1 Å². The van der Waals surface area contributed by atoms with Crippen LogP contribution in [0.4, 0.5) is 10.1 Å². The number of aromatic carboxylic acids is 1. The van der Waals surface area contributed by atoms with E-state index in [0.717, 1.165) is 38.6 Å². The molecule has 2 heterocycles. The highest BCUT2D eigenvalue weighted by molar-refractivity contribution is 5.93. The Balaban J connectivity index is 1.64. The summed E-state index contributed by atoms with van der Waals surface area (Å²) in [5.41, 5.74) is 6.70. The van der Waals surface area contributed by atoms with Gasteiger partial charge in [0.25, 0.3) is 0 Å². The summed E-state index contributed by atoms with van der Waals surface area (Å²) in [4.78, 5) is 26.0. The van der Waals surface area contributed by atoms with E-state index >= 15 is 0 Å². The van der Waals surface area contributed by atoms with E-state index in [4.69, 9.17) is 5.73 Å². The summed E-state index contributed by atoms with van der Waals surface area (Å²) in [5.74, 6) is -1.78. The van der Waals surface area contributed by atoms with Gasteiger partial charge in [-0.1, -0.05) is 0 Å². The molecule has 1 aromatic carbocycles. The number of halogens is 1. The quantitative estimate of drug-likeness (QED) is 0.865. The molecule has 1 unspecified atom stereocenters. The van der Waals surface area contributed by atoms with Crippen molar-refractivity contribution < 1.29 is 14.3 Å². The molecule has 6 nitrogen and oxygen atoms in total. The second-order valence-electron chi connectivity index (χ2n) is 8.30. The van der Waals surface area contributed by atoms with Crippen LogP contribution in [0.3, 0.4) is 0 Å². The molecule has 1 aliphatic heterocycles. The number of pyridine rings is 1. The largest absolute Gasteiger partial charge is 0.477 e. The maximum Gasteiger partial charge on any atom is 0.341 e. The molecule has 3 fully saturated rings.